The Kier molecular flexibility index (Phi) is 2.81. The second kappa shape index (κ2) is 3.80. The van der Waals surface area contributed by atoms with Crippen molar-refractivity contribution in [2.24, 2.45) is 0 Å². The molecule has 0 unspecified atom stereocenters. The number of sulfone groups is 1. The van der Waals surface area contributed by atoms with Crippen LogP contribution in [0.5, 0.6) is 0 Å². The fourth-order valence-corrected chi connectivity index (χ4v) is 2.93. The molecule has 1 saturated heterocycles. The number of halogens is 3. The van der Waals surface area contributed by atoms with Crippen molar-refractivity contribution in [1.82, 2.24) is 9.36 Å². The van der Waals surface area contributed by atoms with Gasteiger partial charge in [0.2, 0.25) is 11.0 Å². The maximum Gasteiger partial charge on any atom is 0.452 e. The van der Waals surface area contributed by atoms with Gasteiger partial charge < -0.3 is 4.90 Å². The minimum absolute atomic E-state index is 0.109. The predicted octanol–water partition coefficient (Wildman–Crippen LogP) is 0.790. The molecule has 1 aromatic rings. The van der Waals surface area contributed by atoms with Crippen molar-refractivity contribution in [1.29, 1.82) is 0 Å². The van der Waals surface area contributed by atoms with Crippen LogP contribution in [0.25, 0.3) is 0 Å². The summed E-state index contributed by atoms with van der Waals surface area (Å²) in [5.41, 5.74) is 0. The van der Waals surface area contributed by atoms with E-state index in [0.717, 1.165) is 6.26 Å². The van der Waals surface area contributed by atoms with E-state index in [2.05, 4.69) is 9.36 Å². The molecule has 2 heterocycles. The lowest BCUT2D eigenvalue weighted by Crippen LogP contribution is -2.54. The van der Waals surface area contributed by atoms with Gasteiger partial charge in [-0.05, 0) is 0 Å². The first kappa shape index (κ1) is 12.6. The molecule has 0 spiro atoms. The second-order valence-electron chi connectivity index (χ2n) is 3.75. The van der Waals surface area contributed by atoms with Gasteiger partial charge in [-0.2, -0.15) is 22.5 Å². The van der Waals surface area contributed by atoms with Crippen LogP contribution in [-0.4, -0.2) is 42.4 Å². The molecule has 1 aliphatic heterocycles. The fraction of sp³-hybridized carbons (Fsp3) is 0.714. The SMILES string of the molecule is CS(=O)(=O)C1CN(c2nc(C(F)(F)F)ns2)C1. The van der Waals surface area contributed by atoms with Crippen molar-refractivity contribution in [3.63, 3.8) is 0 Å². The van der Waals surface area contributed by atoms with Crippen molar-refractivity contribution in [3.8, 4) is 0 Å². The number of anilines is 1. The third-order valence-corrected chi connectivity index (χ3v) is 4.68. The molecule has 0 bridgehead atoms. The quantitative estimate of drug-likeness (QED) is 0.804. The number of hydrogen-bond acceptors (Lipinski definition) is 6. The highest BCUT2D eigenvalue weighted by Crippen LogP contribution is 2.32. The van der Waals surface area contributed by atoms with Crippen molar-refractivity contribution >= 4 is 26.5 Å². The number of alkyl halides is 3. The Labute approximate surface area is 99.4 Å². The molecule has 0 atom stereocenters. The minimum Gasteiger partial charge on any atom is -0.344 e. The molecule has 0 radical (unpaired) electrons. The van der Waals surface area contributed by atoms with Crippen LogP contribution in [0.1, 0.15) is 5.82 Å². The summed E-state index contributed by atoms with van der Waals surface area (Å²) >= 11 is 0.623. The van der Waals surface area contributed by atoms with E-state index in [9.17, 15) is 21.6 Å². The van der Waals surface area contributed by atoms with Gasteiger partial charge in [-0.15, -0.1) is 0 Å². The molecule has 1 aliphatic rings. The van der Waals surface area contributed by atoms with E-state index in [0.29, 0.717) is 11.5 Å². The van der Waals surface area contributed by atoms with Crippen molar-refractivity contribution < 1.29 is 21.6 Å². The first-order valence-corrected chi connectivity index (χ1v) is 7.25. The van der Waals surface area contributed by atoms with E-state index < -0.39 is 27.1 Å². The van der Waals surface area contributed by atoms with Gasteiger partial charge in [-0.25, -0.2) is 8.42 Å². The molecule has 0 aromatic carbocycles. The summed E-state index contributed by atoms with van der Waals surface area (Å²) in [5, 5.41) is -0.419. The Morgan fingerprint density at radius 3 is 2.41 bits per heavy atom. The predicted molar refractivity (Wildman–Crippen MR) is 55.8 cm³/mol. The topological polar surface area (TPSA) is 63.2 Å². The van der Waals surface area contributed by atoms with Gasteiger partial charge in [-0.3, -0.25) is 0 Å². The number of hydrogen-bond donors (Lipinski definition) is 0. The zero-order chi connectivity index (χ0) is 12.8. The van der Waals surface area contributed by atoms with Gasteiger partial charge >= 0.3 is 6.18 Å². The van der Waals surface area contributed by atoms with Crippen molar-refractivity contribution in [2.75, 3.05) is 24.2 Å². The molecule has 0 saturated carbocycles. The minimum atomic E-state index is -4.56. The lowest BCUT2D eigenvalue weighted by molar-refractivity contribution is -0.144. The zero-order valence-corrected chi connectivity index (χ0v) is 10.2. The number of aromatic nitrogens is 2. The van der Waals surface area contributed by atoms with Crippen LogP contribution < -0.4 is 4.90 Å². The van der Waals surface area contributed by atoms with Crippen molar-refractivity contribution in [2.45, 2.75) is 11.4 Å². The van der Waals surface area contributed by atoms with E-state index in [-0.39, 0.29) is 18.2 Å². The summed E-state index contributed by atoms with van der Waals surface area (Å²) in [6, 6.07) is 0. The Bertz CT molecular complexity index is 519. The van der Waals surface area contributed by atoms with Gasteiger partial charge in [0.15, 0.2) is 9.84 Å². The Morgan fingerprint density at radius 1 is 1.41 bits per heavy atom. The highest BCUT2D eigenvalue weighted by Gasteiger charge is 2.40. The van der Waals surface area contributed by atoms with Gasteiger partial charge in [-0.1, -0.05) is 0 Å². The molecule has 1 aromatic heterocycles. The Hall–Kier alpha value is -0.900. The molecule has 0 amide bonds. The summed E-state index contributed by atoms with van der Waals surface area (Å²) in [6.07, 6.45) is -3.45. The number of nitrogens with zero attached hydrogens (tertiary/aromatic N) is 3. The van der Waals surface area contributed by atoms with Crippen LogP contribution in [0, 0.1) is 0 Å². The average Bonchev–Trinajstić information content (AvgIpc) is 2.45. The summed E-state index contributed by atoms with van der Waals surface area (Å²) in [5.74, 6) is -1.18. The summed E-state index contributed by atoms with van der Waals surface area (Å²) in [7, 11) is -3.14. The maximum atomic E-state index is 12.2. The Balaban J connectivity index is 2.05. The standard InChI is InChI=1S/C7H8F3N3O2S2/c1-17(14,15)4-2-13(3-4)6-11-5(12-16-6)7(8,9)10/h4H,2-3H2,1H3. The molecule has 17 heavy (non-hydrogen) atoms. The van der Waals surface area contributed by atoms with Crippen LogP contribution in [-0.2, 0) is 16.0 Å². The average molecular weight is 287 g/mol. The summed E-state index contributed by atoms with van der Waals surface area (Å²) < 4.78 is 62.1. The first-order valence-electron chi connectivity index (χ1n) is 4.52. The number of rotatable bonds is 2. The maximum absolute atomic E-state index is 12.2. The van der Waals surface area contributed by atoms with E-state index in [4.69, 9.17) is 0 Å². The van der Waals surface area contributed by atoms with Crippen LogP contribution in [0.4, 0.5) is 18.3 Å². The molecule has 10 heteroatoms. The highest BCUT2D eigenvalue weighted by atomic mass is 32.2. The van der Waals surface area contributed by atoms with Gasteiger partial charge in [0.1, 0.15) is 0 Å². The van der Waals surface area contributed by atoms with Gasteiger partial charge in [0.25, 0.3) is 0 Å². The van der Waals surface area contributed by atoms with Crippen LogP contribution >= 0.6 is 11.5 Å². The second-order valence-corrected chi connectivity index (χ2v) is 6.81. The van der Waals surface area contributed by atoms with E-state index in [1.165, 1.54) is 4.90 Å². The third kappa shape index (κ3) is 2.51. The molecule has 0 aliphatic carbocycles. The molecular formula is C7H8F3N3O2S2. The summed E-state index contributed by atoms with van der Waals surface area (Å²) in [4.78, 5) is 4.80. The zero-order valence-electron chi connectivity index (χ0n) is 8.60. The third-order valence-electron chi connectivity index (χ3n) is 2.39. The molecule has 96 valence electrons. The van der Waals surface area contributed by atoms with E-state index >= 15 is 0 Å². The largest absolute Gasteiger partial charge is 0.452 e. The van der Waals surface area contributed by atoms with Gasteiger partial charge in [0, 0.05) is 30.9 Å². The monoisotopic (exact) mass is 287 g/mol. The van der Waals surface area contributed by atoms with Gasteiger partial charge in [0.05, 0.1) is 5.25 Å². The molecule has 1 fully saturated rings. The highest BCUT2D eigenvalue weighted by molar-refractivity contribution is 7.91. The van der Waals surface area contributed by atoms with E-state index in [1.807, 2.05) is 0 Å². The first-order chi connectivity index (χ1) is 7.68. The van der Waals surface area contributed by atoms with Crippen LogP contribution in [0.2, 0.25) is 0 Å². The molecular weight excluding hydrogens is 279 g/mol. The summed E-state index contributed by atoms with van der Waals surface area (Å²) in [6.45, 7) is 0.344. The van der Waals surface area contributed by atoms with Crippen LogP contribution in [0.3, 0.4) is 0 Å². The Morgan fingerprint density at radius 2 is 2.00 bits per heavy atom. The van der Waals surface area contributed by atoms with Crippen LogP contribution in [0.15, 0.2) is 0 Å². The normalized spacial score (nSPS) is 18.2. The van der Waals surface area contributed by atoms with E-state index in [1.54, 1.807) is 0 Å². The lowest BCUT2D eigenvalue weighted by atomic mass is 10.2. The lowest BCUT2D eigenvalue weighted by Gasteiger charge is -2.37. The smallest absolute Gasteiger partial charge is 0.344 e. The molecule has 5 nitrogen and oxygen atoms in total. The molecule has 2 rings (SSSR count). The van der Waals surface area contributed by atoms with Crippen molar-refractivity contribution in [3.05, 3.63) is 5.82 Å². The molecule has 0 N–H and O–H groups in total. The fourth-order valence-electron chi connectivity index (χ4n) is 1.32.